The van der Waals surface area contributed by atoms with E-state index in [4.69, 9.17) is 19.9 Å². The summed E-state index contributed by atoms with van der Waals surface area (Å²) < 4.78 is 64.9. The van der Waals surface area contributed by atoms with Crippen LogP contribution < -0.4 is 0 Å². The van der Waals surface area contributed by atoms with Crippen LogP contribution >= 0.6 is 0 Å². The van der Waals surface area contributed by atoms with Crippen molar-refractivity contribution in [3.8, 4) is 45.0 Å². The van der Waals surface area contributed by atoms with E-state index in [0.717, 1.165) is 55.1 Å². The molecule has 0 aliphatic heterocycles. The van der Waals surface area contributed by atoms with Gasteiger partial charge < -0.3 is 0 Å². The third-order valence-electron chi connectivity index (χ3n) is 9.39. The lowest BCUT2D eigenvalue weighted by atomic mass is 10.0. The van der Waals surface area contributed by atoms with E-state index in [-0.39, 0.29) is 9.79 Å². The SMILES string of the molecule is O=S(=O)(O)c1ccc(-c2ccc3ccc4ccc(-c5cccc(-c6ccc7ccc8ccc(-c9ccc(S(=O)(=O)O)cc9)nc8c7n6)c5)nc4c3n2)cc1. The van der Waals surface area contributed by atoms with Crippen molar-refractivity contribution in [3.63, 3.8) is 0 Å². The van der Waals surface area contributed by atoms with Crippen LogP contribution in [0.5, 0.6) is 0 Å². The zero-order valence-electron chi connectivity index (χ0n) is 28.0. The van der Waals surface area contributed by atoms with Crippen LogP contribution in [0.2, 0.25) is 0 Å². The first-order valence-corrected chi connectivity index (χ1v) is 19.5. The molecule has 12 heteroatoms. The second kappa shape index (κ2) is 12.6. The summed E-state index contributed by atoms with van der Waals surface area (Å²) in [6, 6.07) is 43.4. The average Bonchev–Trinajstić information content (AvgIpc) is 3.19. The van der Waals surface area contributed by atoms with Crippen molar-refractivity contribution in [3.05, 3.63) is 146 Å². The molecular weight excluding hydrogens is 721 g/mol. The Morgan fingerprint density at radius 3 is 0.907 bits per heavy atom. The predicted octanol–water partition coefficient (Wildman–Crippen LogP) is 9.04. The first kappa shape index (κ1) is 33.4. The number of benzene rings is 5. The Hall–Kier alpha value is -6.44. The molecule has 0 aliphatic rings. The van der Waals surface area contributed by atoms with Crippen molar-refractivity contribution in [1.82, 2.24) is 19.9 Å². The van der Waals surface area contributed by atoms with Crippen molar-refractivity contribution in [2.45, 2.75) is 9.79 Å². The van der Waals surface area contributed by atoms with Crippen LogP contribution in [0.3, 0.4) is 0 Å². The first-order valence-electron chi connectivity index (χ1n) is 16.7. The van der Waals surface area contributed by atoms with Gasteiger partial charge in [0.25, 0.3) is 20.2 Å². The van der Waals surface area contributed by atoms with Crippen LogP contribution in [0, 0.1) is 0 Å². The molecule has 0 amide bonds. The molecule has 0 atom stereocenters. The van der Waals surface area contributed by atoms with Gasteiger partial charge in [0.05, 0.1) is 54.6 Å². The maximum Gasteiger partial charge on any atom is 0.294 e. The molecule has 9 rings (SSSR count). The van der Waals surface area contributed by atoms with Crippen molar-refractivity contribution in [2.24, 2.45) is 0 Å². The minimum Gasteiger partial charge on any atom is -0.282 e. The smallest absolute Gasteiger partial charge is 0.282 e. The first-order chi connectivity index (χ1) is 26.0. The van der Waals surface area contributed by atoms with E-state index < -0.39 is 20.2 Å². The fourth-order valence-corrected chi connectivity index (χ4v) is 7.57. The second-order valence-electron chi connectivity index (χ2n) is 12.8. The lowest BCUT2D eigenvalue weighted by Crippen LogP contribution is -1.97. The molecule has 0 bridgehead atoms. The zero-order chi connectivity index (χ0) is 37.2. The van der Waals surface area contributed by atoms with Crippen LogP contribution in [0.4, 0.5) is 0 Å². The Bertz CT molecular complexity index is 3000. The standard InChI is InChI=1S/C42H26N4O6S2/c47-53(48,49)33-16-8-25(9-17-33)35-20-12-27-4-6-29-14-22-37(45-41(29)39(27)43-35)31-2-1-3-32(24-31)38-23-15-30-7-5-28-13-21-36(44-40(28)42(30)46-38)26-10-18-34(19-11-26)54(50,51)52/h1-24H,(H,47,48,49)(H,50,51,52). The van der Waals surface area contributed by atoms with Crippen molar-refractivity contribution >= 4 is 63.8 Å². The predicted molar refractivity (Wildman–Crippen MR) is 209 cm³/mol. The highest BCUT2D eigenvalue weighted by Crippen LogP contribution is 2.33. The molecule has 0 saturated heterocycles. The number of fused-ring (bicyclic) bond motifs is 6. The molecule has 0 unspecified atom stereocenters. The van der Waals surface area contributed by atoms with Gasteiger partial charge in [0.15, 0.2) is 0 Å². The molecule has 0 fully saturated rings. The topological polar surface area (TPSA) is 160 Å². The summed E-state index contributed by atoms with van der Waals surface area (Å²) in [6.07, 6.45) is 0. The minimum absolute atomic E-state index is 0.187. The van der Waals surface area contributed by atoms with Crippen LogP contribution in [0.15, 0.2) is 155 Å². The van der Waals surface area contributed by atoms with Crippen molar-refractivity contribution in [1.29, 1.82) is 0 Å². The molecule has 54 heavy (non-hydrogen) atoms. The zero-order valence-corrected chi connectivity index (χ0v) is 29.6. The lowest BCUT2D eigenvalue weighted by molar-refractivity contribution is 0.481. The number of rotatable bonds is 6. The van der Waals surface area contributed by atoms with E-state index in [1.165, 1.54) is 24.3 Å². The van der Waals surface area contributed by atoms with Crippen molar-refractivity contribution in [2.75, 3.05) is 0 Å². The largest absolute Gasteiger partial charge is 0.294 e. The maximum atomic E-state index is 11.5. The van der Waals surface area contributed by atoms with Gasteiger partial charge in [0, 0.05) is 43.8 Å². The number of hydrogen-bond acceptors (Lipinski definition) is 8. The molecule has 262 valence electrons. The molecular formula is C42H26N4O6S2. The molecule has 5 aromatic carbocycles. The minimum atomic E-state index is -4.31. The van der Waals surface area contributed by atoms with Crippen LogP contribution in [0.25, 0.3) is 88.6 Å². The fraction of sp³-hybridized carbons (Fsp3) is 0. The summed E-state index contributed by atoms with van der Waals surface area (Å²) in [7, 11) is -8.62. The summed E-state index contributed by atoms with van der Waals surface area (Å²) >= 11 is 0. The van der Waals surface area contributed by atoms with Gasteiger partial charge in [0.1, 0.15) is 0 Å². The molecule has 4 heterocycles. The van der Waals surface area contributed by atoms with Gasteiger partial charge in [-0.05, 0) is 54.6 Å². The van der Waals surface area contributed by atoms with E-state index in [0.29, 0.717) is 33.5 Å². The number of aromatic nitrogens is 4. The van der Waals surface area contributed by atoms with Gasteiger partial charge in [-0.15, -0.1) is 0 Å². The van der Waals surface area contributed by atoms with Gasteiger partial charge in [-0.2, -0.15) is 16.8 Å². The quantitative estimate of drug-likeness (QED) is 0.124. The molecule has 0 spiro atoms. The van der Waals surface area contributed by atoms with Crippen LogP contribution in [0.1, 0.15) is 0 Å². The highest BCUT2D eigenvalue weighted by molar-refractivity contribution is 7.86. The van der Waals surface area contributed by atoms with Crippen molar-refractivity contribution < 1.29 is 25.9 Å². The number of hydrogen-bond donors (Lipinski definition) is 2. The summed E-state index contributed by atoms with van der Waals surface area (Å²) in [5.74, 6) is 0. The summed E-state index contributed by atoms with van der Waals surface area (Å²) in [5, 5.41) is 3.63. The van der Waals surface area contributed by atoms with E-state index in [1.54, 1.807) is 24.3 Å². The third-order valence-corrected chi connectivity index (χ3v) is 11.1. The van der Waals surface area contributed by atoms with Crippen LogP contribution in [-0.4, -0.2) is 45.9 Å². The molecule has 10 nitrogen and oxygen atoms in total. The van der Waals surface area contributed by atoms with Gasteiger partial charge in [-0.3, -0.25) is 9.11 Å². The molecule has 0 saturated carbocycles. The molecule has 2 N–H and O–H groups in total. The summed E-state index contributed by atoms with van der Waals surface area (Å²) in [5.41, 5.74) is 8.77. The Morgan fingerprint density at radius 2 is 0.611 bits per heavy atom. The van der Waals surface area contributed by atoms with Gasteiger partial charge in [-0.1, -0.05) is 91.0 Å². The molecule has 0 radical (unpaired) electrons. The Morgan fingerprint density at radius 1 is 0.333 bits per heavy atom. The van der Waals surface area contributed by atoms with E-state index in [9.17, 15) is 25.9 Å². The van der Waals surface area contributed by atoms with Gasteiger partial charge in [0.2, 0.25) is 0 Å². The lowest BCUT2D eigenvalue weighted by Gasteiger charge is -2.10. The number of pyridine rings is 4. The third kappa shape index (κ3) is 6.12. The fourth-order valence-electron chi connectivity index (χ4n) is 6.61. The summed E-state index contributed by atoms with van der Waals surface area (Å²) in [4.78, 5) is 19.7. The number of nitrogens with zero attached hydrogens (tertiary/aromatic N) is 4. The van der Waals surface area contributed by atoms with Crippen LogP contribution in [-0.2, 0) is 20.2 Å². The normalized spacial score (nSPS) is 12.2. The Kier molecular flexibility index (Phi) is 7.80. The highest BCUT2D eigenvalue weighted by atomic mass is 32.2. The molecule has 4 aromatic heterocycles. The van der Waals surface area contributed by atoms with E-state index in [2.05, 4.69) is 0 Å². The maximum absolute atomic E-state index is 11.5. The Balaban J connectivity index is 1.10. The highest BCUT2D eigenvalue weighted by Gasteiger charge is 2.14. The average molecular weight is 747 g/mol. The molecule has 0 aliphatic carbocycles. The molecule has 9 aromatic rings. The van der Waals surface area contributed by atoms with Gasteiger partial charge >= 0.3 is 0 Å². The van der Waals surface area contributed by atoms with E-state index in [1.807, 2.05) is 97.1 Å². The van der Waals surface area contributed by atoms with E-state index >= 15 is 0 Å². The Labute approximate surface area is 309 Å². The second-order valence-corrected chi connectivity index (χ2v) is 15.6. The summed E-state index contributed by atoms with van der Waals surface area (Å²) in [6.45, 7) is 0. The van der Waals surface area contributed by atoms with Gasteiger partial charge in [-0.25, -0.2) is 19.9 Å². The monoisotopic (exact) mass is 746 g/mol.